The molecule has 1 amide bonds. The lowest BCUT2D eigenvalue weighted by Gasteiger charge is -2.32. The van der Waals surface area contributed by atoms with Gasteiger partial charge in [-0.05, 0) is 36.8 Å². The number of rotatable bonds is 5. The number of sulfonamides is 1. The van der Waals surface area contributed by atoms with E-state index in [1.807, 2.05) is 37.3 Å². The summed E-state index contributed by atoms with van der Waals surface area (Å²) in [5.74, 6) is -0.145. The van der Waals surface area contributed by atoms with E-state index in [0.29, 0.717) is 25.4 Å². The number of amides is 1. The van der Waals surface area contributed by atoms with E-state index in [1.54, 1.807) is 12.1 Å². The Hall–Kier alpha value is -2.22. The first kappa shape index (κ1) is 18.6. The lowest BCUT2D eigenvalue weighted by Crippen LogP contribution is -2.46. The molecule has 1 unspecified atom stereocenters. The van der Waals surface area contributed by atoms with Crippen LogP contribution < -0.4 is 5.32 Å². The van der Waals surface area contributed by atoms with Crippen LogP contribution in [-0.4, -0.2) is 44.4 Å². The number of carbonyl (C=O) groups excluding carboxylic acids is 1. The molecule has 2 aromatic carbocycles. The Bertz CT molecular complexity index is 851. The summed E-state index contributed by atoms with van der Waals surface area (Å²) in [6, 6.07) is 15.5. The summed E-state index contributed by atoms with van der Waals surface area (Å²) in [5.41, 5.74) is 1.49. The normalized spacial score (nSPS) is 18.4. The number of nitrogens with one attached hydrogen (secondary N) is 1. The first-order chi connectivity index (χ1) is 12.5. The minimum Gasteiger partial charge on any atom is -0.378 e. The zero-order valence-corrected chi connectivity index (χ0v) is 15.4. The van der Waals surface area contributed by atoms with E-state index in [0.717, 1.165) is 5.56 Å². The largest absolute Gasteiger partial charge is 0.378 e. The maximum atomic E-state index is 12.8. The molecule has 1 N–H and O–H groups in total. The highest BCUT2D eigenvalue weighted by Gasteiger charge is 2.31. The molecule has 1 fully saturated rings. The second-order valence-corrected chi connectivity index (χ2v) is 8.17. The topological polar surface area (TPSA) is 75.7 Å². The Morgan fingerprint density at radius 2 is 1.85 bits per heavy atom. The molecule has 0 spiro atoms. The van der Waals surface area contributed by atoms with Crippen LogP contribution in [0.1, 0.15) is 12.5 Å². The standard InChI is InChI=1S/C19H22N2O4S/c1-15-14-25-12-11-21(15)26(23,24)18-9-7-17(8-10-18)20-19(22)13-16-5-3-2-4-6-16/h2-10,15H,11-14H2,1H3,(H,20,22). The van der Waals surface area contributed by atoms with Gasteiger partial charge < -0.3 is 10.1 Å². The van der Waals surface area contributed by atoms with Crippen LogP contribution in [0.5, 0.6) is 0 Å². The quantitative estimate of drug-likeness (QED) is 0.871. The number of benzene rings is 2. The van der Waals surface area contributed by atoms with E-state index < -0.39 is 10.0 Å². The van der Waals surface area contributed by atoms with Crippen LogP contribution in [0.4, 0.5) is 5.69 Å². The Kier molecular flexibility index (Phi) is 5.70. The molecule has 0 aliphatic carbocycles. The van der Waals surface area contributed by atoms with Crippen molar-refractivity contribution >= 4 is 21.6 Å². The summed E-state index contributed by atoms with van der Waals surface area (Å²) in [6.45, 7) is 2.97. The Balaban J connectivity index is 1.67. The molecular weight excluding hydrogens is 352 g/mol. The molecule has 7 heteroatoms. The van der Waals surface area contributed by atoms with Gasteiger partial charge in [0.15, 0.2) is 0 Å². The number of nitrogens with zero attached hydrogens (tertiary/aromatic N) is 1. The van der Waals surface area contributed by atoms with Crippen LogP contribution in [0.3, 0.4) is 0 Å². The van der Waals surface area contributed by atoms with Crippen molar-refractivity contribution in [1.29, 1.82) is 0 Å². The van der Waals surface area contributed by atoms with Gasteiger partial charge >= 0.3 is 0 Å². The van der Waals surface area contributed by atoms with Gasteiger partial charge in [-0.25, -0.2) is 8.42 Å². The van der Waals surface area contributed by atoms with Crippen molar-refractivity contribution in [2.45, 2.75) is 24.3 Å². The number of ether oxygens (including phenoxy) is 1. The molecule has 1 heterocycles. The fraction of sp³-hybridized carbons (Fsp3) is 0.316. The summed E-state index contributed by atoms with van der Waals surface area (Å²) < 4.78 is 32.3. The van der Waals surface area contributed by atoms with E-state index in [9.17, 15) is 13.2 Å². The lowest BCUT2D eigenvalue weighted by molar-refractivity contribution is -0.115. The molecule has 0 aromatic heterocycles. The van der Waals surface area contributed by atoms with Crippen molar-refractivity contribution in [1.82, 2.24) is 4.31 Å². The zero-order valence-electron chi connectivity index (χ0n) is 14.6. The van der Waals surface area contributed by atoms with Gasteiger partial charge in [-0.3, -0.25) is 4.79 Å². The Labute approximate surface area is 153 Å². The molecule has 138 valence electrons. The highest BCUT2D eigenvalue weighted by atomic mass is 32.2. The van der Waals surface area contributed by atoms with Crippen molar-refractivity contribution in [2.75, 3.05) is 25.1 Å². The summed E-state index contributed by atoms with van der Waals surface area (Å²) in [4.78, 5) is 12.3. The summed E-state index contributed by atoms with van der Waals surface area (Å²) in [5, 5.41) is 2.79. The second kappa shape index (κ2) is 7.99. The van der Waals surface area contributed by atoms with Crippen LogP contribution in [0.2, 0.25) is 0 Å². The fourth-order valence-electron chi connectivity index (χ4n) is 2.90. The molecule has 1 aliphatic heterocycles. The van der Waals surface area contributed by atoms with Crippen LogP contribution in [-0.2, 0) is 26.0 Å². The summed E-state index contributed by atoms with van der Waals surface area (Å²) in [6.07, 6.45) is 0.270. The third-order valence-electron chi connectivity index (χ3n) is 4.26. The van der Waals surface area contributed by atoms with Gasteiger partial charge in [-0.1, -0.05) is 30.3 Å². The first-order valence-corrected chi connectivity index (χ1v) is 9.94. The molecule has 0 saturated carbocycles. The van der Waals surface area contributed by atoms with Gasteiger partial charge in [0.1, 0.15) is 0 Å². The van der Waals surface area contributed by atoms with Gasteiger partial charge in [0, 0.05) is 18.3 Å². The van der Waals surface area contributed by atoms with Gasteiger partial charge in [0.05, 0.1) is 24.5 Å². The molecule has 2 aromatic rings. The maximum Gasteiger partial charge on any atom is 0.243 e. The Morgan fingerprint density at radius 1 is 1.15 bits per heavy atom. The van der Waals surface area contributed by atoms with Crippen molar-refractivity contribution in [3.8, 4) is 0 Å². The van der Waals surface area contributed by atoms with Gasteiger partial charge in [0.2, 0.25) is 15.9 Å². The molecule has 0 bridgehead atoms. The first-order valence-electron chi connectivity index (χ1n) is 8.50. The predicted octanol–water partition coefficient (Wildman–Crippen LogP) is 2.28. The van der Waals surface area contributed by atoms with E-state index >= 15 is 0 Å². The molecule has 1 atom stereocenters. The van der Waals surface area contributed by atoms with Crippen LogP contribution in [0.15, 0.2) is 59.5 Å². The predicted molar refractivity (Wildman–Crippen MR) is 99.4 cm³/mol. The monoisotopic (exact) mass is 374 g/mol. The molecular formula is C19H22N2O4S. The number of carbonyl (C=O) groups is 1. The summed E-state index contributed by atoms with van der Waals surface area (Å²) in [7, 11) is -3.56. The van der Waals surface area contributed by atoms with E-state index in [4.69, 9.17) is 4.74 Å². The number of hydrogen-bond donors (Lipinski definition) is 1. The average molecular weight is 374 g/mol. The zero-order chi connectivity index (χ0) is 18.6. The smallest absolute Gasteiger partial charge is 0.243 e. The minimum absolute atomic E-state index is 0.145. The van der Waals surface area contributed by atoms with Crippen LogP contribution in [0, 0.1) is 0 Å². The number of hydrogen-bond acceptors (Lipinski definition) is 4. The molecule has 6 nitrogen and oxygen atoms in total. The SMILES string of the molecule is CC1COCCN1S(=O)(=O)c1ccc(NC(=O)Cc2ccccc2)cc1. The molecule has 1 saturated heterocycles. The lowest BCUT2D eigenvalue weighted by atomic mass is 10.1. The van der Waals surface area contributed by atoms with E-state index in [2.05, 4.69) is 5.32 Å². The van der Waals surface area contributed by atoms with E-state index in [1.165, 1.54) is 16.4 Å². The third-order valence-corrected chi connectivity index (χ3v) is 6.29. The van der Waals surface area contributed by atoms with Crippen molar-refractivity contribution in [3.05, 3.63) is 60.2 Å². The molecule has 3 rings (SSSR count). The number of morpholine rings is 1. The van der Waals surface area contributed by atoms with Gasteiger partial charge in [-0.15, -0.1) is 0 Å². The van der Waals surface area contributed by atoms with E-state index in [-0.39, 0.29) is 23.3 Å². The molecule has 26 heavy (non-hydrogen) atoms. The Morgan fingerprint density at radius 3 is 2.50 bits per heavy atom. The van der Waals surface area contributed by atoms with Gasteiger partial charge in [-0.2, -0.15) is 4.31 Å². The van der Waals surface area contributed by atoms with Crippen LogP contribution >= 0.6 is 0 Å². The fourth-order valence-corrected chi connectivity index (χ4v) is 4.50. The van der Waals surface area contributed by atoms with Crippen molar-refractivity contribution < 1.29 is 17.9 Å². The third kappa shape index (κ3) is 4.30. The number of anilines is 1. The molecule has 0 radical (unpaired) electrons. The highest BCUT2D eigenvalue weighted by molar-refractivity contribution is 7.89. The highest BCUT2D eigenvalue weighted by Crippen LogP contribution is 2.22. The van der Waals surface area contributed by atoms with Crippen LogP contribution in [0.25, 0.3) is 0 Å². The minimum atomic E-state index is -3.56. The second-order valence-electron chi connectivity index (χ2n) is 6.27. The summed E-state index contributed by atoms with van der Waals surface area (Å²) >= 11 is 0. The average Bonchev–Trinajstić information content (AvgIpc) is 2.63. The van der Waals surface area contributed by atoms with Crippen molar-refractivity contribution in [3.63, 3.8) is 0 Å². The maximum absolute atomic E-state index is 12.8. The van der Waals surface area contributed by atoms with Gasteiger partial charge in [0.25, 0.3) is 0 Å². The van der Waals surface area contributed by atoms with Crippen molar-refractivity contribution in [2.24, 2.45) is 0 Å². The molecule has 1 aliphatic rings.